The third-order valence-corrected chi connectivity index (χ3v) is 6.25. The molecule has 0 bridgehead atoms. The number of ether oxygens (including phenoxy) is 1. The standard InChI is InChI=1S/C21H23ClF3N6O2P/c1-34(2,32)17-6-4-3-5-15(17)29-18-14(22)11-27-20(31-18)30-16-8-7-13(9-10-26)28-19(16)33-12-21(23,24)25/h3-8,11H,9-10,12,26H2,1-2H3,(H2,27,29,30,31). The van der Waals surface area contributed by atoms with E-state index in [0.29, 0.717) is 23.1 Å². The van der Waals surface area contributed by atoms with E-state index in [1.165, 1.54) is 12.3 Å². The van der Waals surface area contributed by atoms with Crippen LogP contribution in [0.4, 0.5) is 36.3 Å². The van der Waals surface area contributed by atoms with Gasteiger partial charge in [-0.2, -0.15) is 18.2 Å². The van der Waals surface area contributed by atoms with Gasteiger partial charge in [-0.15, -0.1) is 0 Å². The zero-order valence-corrected chi connectivity index (χ0v) is 20.0. The van der Waals surface area contributed by atoms with Gasteiger partial charge in [0.1, 0.15) is 17.9 Å². The first-order valence-electron chi connectivity index (χ1n) is 10.1. The molecule has 0 atom stereocenters. The molecular formula is C21H23ClF3N6O2P. The van der Waals surface area contributed by atoms with E-state index in [1.807, 2.05) is 0 Å². The molecule has 0 saturated carbocycles. The Morgan fingerprint density at radius 3 is 2.50 bits per heavy atom. The number of benzene rings is 1. The lowest BCUT2D eigenvalue weighted by Crippen LogP contribution is -2.20. The average molecular weight is 515 g/mol. The molecule has 0 amide bonds. The van der Waals surface area contributed by atoms with Gasteiger partial charge in [-0.3, -0.25) is 0 Å². The molecule has 34 heavy (non-hydrogen) atoms. The van der Waals surface area contributed by atoms with Gasteiger partial charge < -0.3 is 25.7 Å². The molecule has 0 unspecified atom stereocenters. The van der Waals surface area contributed by atoms with Crippen molar-refractivity contribution in [3.63, 3.8) is 0 Å². The molecule has 0 aliphatic rings. The van der Waals surface area contributed by atoms with E-state index in [9.17, 15) is 17.7 Å². The zero-order valence-electron chi connectivity index (χ0n) is 18.4. The van der Waals surface area contributed by atoms with Gasteiger partial charge in [0.15, 0.2) is 12.4 Å². The number of rotatable bonds is 9. The number of aromatic nitrogens is 3. The minimum absolute atomic E-state index is 0.0331. The number of anilines is 4. The van der Waals surface area contributed by atoms with E-state index in [0.717, 1.165) is 0 Å². The summed E-state index contributed by atoms with van der Waals surface area (Å²) in [6.07, 6.45) is -2.85. The fraction of sp³-hybridized carbons (Fsp3) is 0.286. The number of pyridine rings is 1. The van der Waals surface area contributed by atoms with Crippen molar-refractivity contribution in [2.45, 2.75) is 12.6 Å². The molecule has 0 fully saturated rings. The average Bonchev–Trinajstić information content (AvgIpc) is 2.75. The van der Waals surface area contributed by atoms with Crippen LogP contribution in [0.5, 0.6) is 5.88 Å². The summed E-state index contributed by atoms with van der Waals surface area (Å²) in [7, 11) is -2.60. The maximum absolute atomic E-state index is 12.7. The Morgan fingerprint density at radius 1 is 1.09 bits per heavy atom. The monoisotopic (exact) mass is 514 g/mol. The Bertz CT molecular complexity index is 1210. The minimum Gasteiger partial charge on any atom is -0.467 e. The maximum atomic E-state index is 12.7. The summed E-state index contributed by atoms with van der Waals surface area (Å²) in [5.74, 6) is -0.0177. The van der Waals surface area contributed by atoms with Gasteiger partial charge >= 0.3 is 6.18 Å². The first kappa shape index (κ1) is 25.7. The van der Waals surface area contributed by atoms with Crippen molar-refractivity contribution in [1.29, 1.82) is 0 Å². The normalized spacial score (nSPS) is 11.9. The van der Waals surface area contributed by atoms with Crippen molar-refractivity contribution in [2.24, 2.45) is 5.73 Å². The molecule has 0 aliphatic heterocycles. The number of alkyl halides is 3. The minimum atomic E-state index is -4.54. The van der Waals surface area contributed by atoms with Gasteiger partial charge in [0.25, 0.3) is 0 Å². The van der Waals surface area contributed by atoms with Gasteiger partial charge in [0, 0.05) is 17.4 Å². The van der Waals surface area contributed by atoms with Gasteiger partial charge in [0.2, 0.25) is 11.8 Å². The number of nitrogens with one attached hydrogen (secondary N) is 2. The molecule has 182 valence electrons. The molecule has 0 radical (unpaired) electrons. The molecule has 2 heterocycles. The second-order valence-electron chi connectivity index (χ2n) is 7.61. The van der Waals surface area contributed by atoms with Crippen LogP contribution in [-0.2, 0) is 11.0 Å². The van der Waals surface area contributed by atoms with E-state index in [4.69, 9.17) is 22.1 Å². The summed E-state index contributed by atoms with van der Waals surface area (Å²) < 4.78 is 55.7. The van der Waals surface area contributed by atoms with Crippen LogP contribution in [0.3, 0.4) is 0 Å². The topological polar surface area (TPSA) is 115 Å². The second-order valence-corrected chi connectivity index (χ2v) is 11.2. The molecule has 0 saturated heterocycles. The Kier molecular flexibility index (Phi) is 8.01. The molecule has 3 aromatic rings. The van der Waals surface area contributed by atoms with Crippen molar-refractivity contribution in [3.05, 3.63) is 53.3 Å². The first-order chi connectivity index (χ1) is 16.0. The first-order valence-corrected chi connectivity index (χ1v) is 13.0. The molecule has 13 heteroatoms. The molecule has 0 aliphatic carbocycles. The lowest BCUT2D eigenvalue weighted by atomic mass is 10.2. The largest absolute Gasteiger partial charge is 0.467 e. The van der Waals surface area contributed by atoms with Crippen molar-refractivity contribution in [2.75, 3.05) is 37.1 Å². The number of nitrogens with zero attached hydrogens (tertiary/aromatic N) is 3. The summed E-state index contributed by atoms with van der Waals surface area (Å²) in [6.45, 7) is 2.05. The highest BCUT2D eigenvalue weighted by atomic mass is 35.5. The SMILES string of the molecule is CP(C)(=O)c1ccccc1Nc1nc(Nc2ccc(CCN)nc2OCC(F)(F)F)ncc1Cl. The third kappa shape index (κ3) is 7.06. The summed E-state index contributed by atoms with van der Waals surface area (Å²) in [5.41, 5.74) is 6.68. The van der Waals surface area contributed by atoms with E-state index < -0.39 is 19.9 Å². The number of para-hydroxylation sites is 1. The Hall–Kier alpha value is -2.88. The lowest BCUT2D eigenvalue weighted by Gasteiger charge is -2.16. The van der Waals surface area contributed by atoms with Crippen LogP contribution in [0.15, 0.2) is 42.6 Å². The summed E-state index contributed by atoms with van der Waals surface area (Å²) >= 11 is 6.24. The fourth-order valence-corrected chi connectivity index (χ4v) is 4.23. The highest BCUT2D eigenvalue weighted by Crippen LogP contribution is 2.38. The number of hydrogen-bond donors (Lipinski definition) is 3. The summed E-state index contributed by atoms with van der Waals surface area (Å²) in [5, 5.41) is 6.67. The predicted octanol–water partition coefficient (Wildman–Crippen LogP) is 4.70. The van der Waals surface area contributed by atoms with Crippen molar-refractivity contribution < 1.29 is 22.5 Å². The smallest absolute Gasteiger partial charge is 0.422 e. The fourth-order valence-electron chi connectivity index (χ4n) is 2.93. The van der Waals surface area contributed by atoms with Crippen LogP contribution in [-0.4, -0.2) is 47.6 Å². The molecule has 8 nitrogen and oxygen atoms in total. The highest BCUT2D eigenvalue weighted by molar-refractivity contribution is 7.70. The van der Waals surface area contributed by atoms with Crippen LogP contribution in [0, 0.1) is 0 Å². The van der Waals surface area contributed by atoms with E-state index >= 15 is 0 Å². The molecule has 0 spiro atoms. The quantitative estimate of drug-likeness (QED) is 0.352. The number of nitrogens with two attached hydrogens (primary N) is 1. The molecular weight excluding hydrogens is 492 g/mol. The van der Waals surface area contributed by atoms with Gasteiger partial charge in [0.05, 0.1) is 11.9 Å². The van der Waals surface area contributed by atoms with Crippen LogP contribution in [0.1, 0.15) is 5.69 Å². The van der Waals surface area contributed by atoms with E-state index in [-0.39, 0.29) is 34.9 Å². The molecule has 1 aromatic carbocycles. The van der Waals surface area contributed by atoms with Crippen LogP contribution in [0.2, 0.25) is 5.02 Å². The maximum Gasteiger partial charge on any atom is 0.422 e. The van der Waals surface area contributed by atoms with Crippen molar-refractivity contribution in [1.82, 2.24) is 15.0 Å². The van der Waals surface area contributed by atoms with Gasteiger partial charge in [-0.25, -0.2) is 9.97 Å². The summed E-state index contributed by atoms with van der Waals surface area (Å²) in [6, 6.07) is 10.2. The molecule has 4 N–H and O–H groups in total. The van der Waals surface area contributed by atoms with E-state index in [1.54, 1.807) is 43.7 Å². The Labute approximate surface area is 199 Å². The highest BCUT2D eigenvalue weighted by Gasteiger charge is 2.29. The van der Waals surface area contributed by atoms with Gasteiger partial charge in [-0.1, -0.05) is 23.7 Å². The lowest BCUT2D eigenvalue weighted by molar-refractivity contribution is -0.154. The Morgan fingerprint density at radius 2 is 1.82 bits per heavy atom. The molecule has 3 rings (SSSR count). The molecule has 2 aromatic heterocycles. The van der Waals surface area contributed by atoms with Crippen molar-refractivity contribution >= 4 is 47.2 Å². The summed E-state index contributed by atoms with van der Waals surface area (Å²) in [4.78, 5) is 12.5. The third-order valence-electron chi connectivity index (χ3n) is 4.42. The van der Waals surface area contributed by atoms with Crippen LogP contribution >= 0.6 is 18.7 Å². The van der Waals surface area contributed by atoms with Crippen LogP contribution in [0.25, 0.3) is 0 Å². The number of halogens is 4. The van der Waals surface area contributed by atoms with E-state index in [2.05, 4.69) is 25.6 Å². The van der Waals surface area contributed by atoms with Crippen LogP contribution < -0.4 is 26.4 Å². The zero-order chi connectivity index (χ0) is 24.9. The van der Waals surface area contributed by atoms with Crippen molar-refractivity contribution in [3.8, 4) is 5.88 Å². The number of hydrogen-bond acceptors (Lipinski definition) is 8. The predicted molar refractivity (Wildman–Crippen MR) is 128 cm³/mol. The second kappa shape index (κ2) is 10.6. The Balaban J connectivity index is 1.90. The van der Waals surface area contributed by atoms with Gasteiger partial charge in [-0.05, 0) is 44.1 Å².